The Morgan fingerprint density at radius 2 is 1.45 bits per heavy atom. The van der Waals surface area contributed by atoms with Gasteiger partial charge in [0.2, 0.25) is 11.8 Å². The van der Waals surface area contributed by atoms with E-state index < -0.39 is 28.5 Å². The van der Waals surface area contributed by atoms with Crippen molar-refractivity contribution in [1.82, 2.24) is 10.2 Å². The topological polar surface area (TPSA) is 86.8 Å². The molecule has 0 heterocycles. The van der Waals surface area contributed by atoms with Crippen LogP contribution >= 0.6 is 0 Å². The summed E-state index contributed by atoms with van der Waals surface area (Å²) < 4.78 is 28.6. The van der Waals surface area contributed by atoms with E-state index in [9.17, 15) is 18.0 Å². The van der Waals surface area contributed by atoms with Gasteiger partial charge in [0.05, 0.1) is 10.6 Å². The number of amides is 2. The van der Waals surface area contributed by atoms with Gasteiger partial charge in [0.1, 0.15) is 12.6 Å². The van der Waals surface area contributed by atoms with Gasteiger partial charge in [0.25, 0.3) is 10.0 Å². The molecule has 2 atom stereocenters. The molecule has 3 aromatic carbocycles. The third kappa shape index (κ3) is 7.44. The lowest BCUT2D eigenvalue weighted by Crippen LogP contribution is -2.53. The van der Waals surface area contributed by atoms with Crippen LogP contribution in [0.5, 0.6) is 0 Å². The van der Waals surface area contributed by atoms with E-state index in [0.717, 1.165) is 21.9 Å². The fourth-order valence-electron chi connectivity index (χ4n) is 4.00. The molecule has 0 fully saturated rings. The Labute approximate surface area is 226 Å². The molecule has 0 spiro atoms. The summed E-state index contributed by atoms with van der Waals surface area (Å²) in [5, 5.41) is 2.95. The number of carbonyl (C=O) groups is 2. The van der Waals surface area contributed by atoms with Crippen molar-refractivity contribution in [1.29, 1.82) is 0 Å². The van der Waals surface area contributed by atoms with Gasteiger partial charge in [-0.2, -0.15) is 0 Å². The molecule has 3 aromatic rings. The average molecular weight is 536 g/mol. The van der Waals surface area contributed by atoms with Gasteiger partial charge in [-0.05, 0) is 63.4 Å². The molecule has 0 aliphatic carbocycles. The minimum Gasteiger partial charge on any atom is -0.352 e. The highest BCUT2D eigenvalue weighted by atomic mass is 32.2. The van der Waals surface area contributed by atoms with E-state index in [1.807, 2.05) is 63.2 Å². The van der Waals surface area contributed by atoms with E-state index >= 15 is 0 Å². The molecule has 2 amide bonds. The molecule has 0 aliphatic heterocycles. The van der Waals surface area contributed by atoms with Crippen molar-refractivity contribution in [3.63, 3.8) is 0 Å². The number of hydrogen-bond acceptors (Lipinski definition) is 4. The molecular weight excluding hydrogens is 498 g/mol. The Bertz CT molecular complexity index is 1300. The van der Waals surface area contributed by atoms with Crippen LogP contribution in [0.15, 0.2) is 89.8 Å². The molecular formula is C30H37N3O4S. The van der Waals surface area contributed by atoms with Gasteiger partial charge in [0, 0.05) is 12.6 Å². The van der Waals surface area contributed by atoms with Crippen LogP contribution in [0.25, 0.3) is 0 Å². The van der Waals surface area contributed by atoms with Gasteiger partial charge in [0.15, 0.2) is 0 Å². The molecule has 0 saturated heterocycles. The Morgan fingerprint density at radius 3 is 2.03 bits per heavy atom. The molecule has 0 bridgehead atoms. The van der Waals surface area contributed by atoms with Crippen molar-refractivity contribution >= 4 is 27.5 Å². The quantitative estimate of drug-likeness (QED) is 0.368. The summed E-state index contributed by atoms with van der Waals surface area (Å²) in [7, 11) is -4.05. The molecule has 0 saturated carbocycles. The molecule has 0 unspecified atom stereocenters. The average Bonchev–Trinajstić information content (AvgIpc) is 2.93. The molecule has 7 nitrogen and oxygen atoms in total. The summed E-state index contributed by atoms with van der Waals surface area (Å²) in [4.78, 5) is 28.4. The number of anilines is 1. The van der Waals surface area contributed by atoms with Crippen molar-refractivity contribution in [3.05, 3.63) is 96.1 Å². The van der Waals surface area contributed by atoms with E-state index in [0.29, 0.717) is 12.1 Å². The Kier molecular flexibility index (Phi) is 10.1. The van der Waals surface area contributed by atoms with E-state index in [1.54, 1.807) is 37.3 Å². The van der Waals surface area contributed by atoms with E-state index in [4.69, 9.17) is 0 Å². The highest BCUT2D eigenvalue weighted by Crippen LogP contribution is 2.24. The predicted molar refractivity (Wildman–Crippen MR) is 151 cm³/mol. The zero-order valence-corrected chi connectivity index (χ0v) is 23.3. The number of aryl methyl sites for hydroxylation is 1. The lowest BCUT2D eigenvalue weighted by molar-refractivity contribution is -0.139. The van der Waals surface area contributed by atoms with Crippen LogP contribution in [0.2, 0.25) is 0 Å². The molecule has 1 N–H and O–H groups in total. The summed E-state index contributed by atoms with van der Waals surface area (Å²) in [6.07, 6.45) is 1.29. The number of nitrogens with zero attached hydrogens (tertiary/aromatic N) is 2. The van der Waals surface area contributed by atoms with Crippen molar-refractivity contribution < 1.29 is 18.0 Å². The third-order valence-corrected chi connectivity index (χ3v) is 8.37. The lowest BCUT2D eigenvalue weighted by atomic mass is 10.1. The number of hydrogen-bond donors (Lipinski definition) is 1. The number of carbonyl (C=O) groups excluding carboxylic acids is 2. The van der Waals surface area contributed by atoms with Crippen LogP contribution in [0.3, 0.4) is 0 Å². The Morgan fingerprint density at radius 1 is 0.868 bits per heavy atom. The molecule has 0 radical (unpaired) electrons. The molecule has 3 rings (SSSR count). The zero-order valence-electron chi connectivity index (χ0n) is 22.5. The van der Waals surface area contributed by atoms with Crippen molar-refractivity contribution in [2.75, 3.05) is 17.4 Å². The maximum Gasteiger partial charge on any atom is 0.264 e. The maximum atomic E-state index is 13.8. The van der Waals surface area contributed by atoms with E-state index in [-0.39, 0.29) is 23.4 Å². The summed E-state index contributed by atoms with van der Waals surface area (Å²) in [5.41, 5.74) is 2.37. The first-order valence-corrected chi connectivity index (χ1v) is 14.4. The highest BCUT2D eigenvalue weighted by molar-refractivity contribution is 7.92. The summed E-state index contributed by atoms with van der Waals surface area (Å²) in [6, 6.07) is 23.9. The van der Waals surface area contributed by atoms with Crippen molar-refractivity contribution in [3.8, 4) is 0 Å². The first-order chi connectivity index (χ1) is 18.1. The van der Waals surface area contributed by atoms with Gasteiger partial charge < -0.3 is 10.2 Å². The van der Waals surface area contributed by atoms with Gasteiger partial charge in [-0.15, -0.1) is 0 Å². The largest absolute Gasteiger partial charge is 0.352 e. The van der Waals surface area contributed by atoms with Gasteiger partial charge in [-0.3, -0.25) is 13.9 Å². The minimum absolute atomic E-state index is 0.0430. The summed E-state index contributed by atoms with van der Waals surface area (Å²) >= 11 is 0. The molecule has 0 aliphatic rings. The van der Waals surface area contributed by atoms with Crippen LogP contribution in [0.4, 0.5) is 5.69 Å². The van der Waals surface area contributed by atoms with E-state index in [1.165, 1.54) is 17.0 Å². The van der Waals surface area contributed by atoms with Gasteiger partial charge >= 0.3 is 0 Å². The van der Waals surface area contributed by atoms with Crippen LogP contribution in [-0.2, 0) is 26.0 Å². The minimum atomic E-state index is -4.05. The standard InChI is InChI=1S/C30H37N3O4S/c1-5-24(3)31-30(35)25(4)32(21-20-26-12-8-6-9-13-26)29(34)22-33(27-18-16-23(2)17-19-27)38(36,37)28-14-10-7-11-15-28/h6-19,24-25H,5,20-22H2,1-4H3,(H,31,35)/t24-,25+/m1/s1. The van der Waals surface area contributed by atoms with Crippen LogP contribution in [0, 0.1) is 6.92 Å². The second kappa shape index (κ2) is 13.2. The zero-order chi connectivity index (χ0) is 27.7. The second-order valence-electron chi connectivity index (χ2n) is 9.48. The SMILES string of the molecule is CC[C@@H](C)NC(=O)[C@H](C)N(CCc1ccccc1)C(=O)CN(c1ccc(C)cc1)S(=O)(=O)c1ccccc1. The molecule has 0 aromatic heterocycles. The first-order valence-electron chi connectivity index (χ1n) is 12.9. The van der Waals surface area contributed by atoms with Crippen molar-refractivity contribution in [2.45, 2.75) is 57.5 Å². The molecule has 38 heavy (non-hydrogen) atoms. The van der Waals surface area contributed by atoms with Crippen LogP contribution < -0.4 is 9.62 Å². The van der Waals surface area contributed by atoms with Crippen molar-refractivity contribution in [2.24, 2.45) is 0 Å². The summed E-state index contributed by atoms with van der Waals surface area (Å²) in [5.74, 6) is -0.721. The second-order valence-corrected chi connectivity index (χ2v) is 11.3. The monoisotopic (exact) mass is 535 g/mol. The fourth-order valence-corrected chi connectivity index (χ4v) is 5.43. The Hall–Kier alpha value is -3.65. The highest BCUT2D eigenvalue weighted by Gasteiger charge is 2.32. The van der Waals surface area contributed by atoms with Gasteiger partial charge in [-0.1, -0.05) is 73.2 Å². The lowest BCUT2D eigenvalue weighted by Gasteiger charge is -2.32. The molecule has 202 valence electrons. The summed E-state index contributed by atoms with van der Waals surface area (Å²) in [6.45, 7) is 7.31. The fraction of sp³-hybridized carbons (Fsp3) is 0.333. The number of rotatable bonds is 12. The predicted octanol–water partition coefficient (Wildman–Crippen LogP) is 4.56. The first kappa shape index (κ1) is 28.9. The van der Waals surface area contributed by atoms with Crippen LogP contribution in [-0.4, -0.2) is 50.3 Å². The third-order valence-electron chi connectivity index (χ3n) is 6.58. The number of sulfonamides is 1. The smallest absolute Gasteiger partial charge is 0.264 e. The normalized spacial score (nSPS) is 12.8. The number of benzene rings is 3. The Balaban J connectivity index is 1.95. The van der Waals surface area contributed by atoms with E-state index in [2.05, 4.69) is 5.32 Å². The van der Waals surface area contributed by atoms with Gasteiger partial charge in [-0.25, -0.2) is 8.42 Å². The molecule has 8 heteroatoms. The maximum absolute atomic E-state index is 13.8. The number of nitrogens with one attached hydrogen (secondary N) is 1. The van der Waals surface area contributed by atoms with Crippen LogP contribution in [0.1, 0.15) is 38.3 Å².